The third-order valence-corrected chi connectivity index (χ3v) is 3.49. The average molecular weight is 298 g/mol. The summed E-state index contributed by atoms with van der Waals surface area (Å²) in [5.41, 5.74) is 2.45. The molecule has 1 nitrogen and oxygen atoms in total. The Morgan fingerprint density at radius 3 is 2.42 bits per heavy atom. The van der Waals surface area contributed by atoms with Crippen LogP contribution in [0.2, 0.25) is 5.02 Å². The molecule has 0 amide bonds. The van der Waals surface area contributed by atoms with E-state index in [1.807, 2.05) is 42.3 Å². The number of halogens is 3. The lowest BCUT2D eigenvalue weighted by atomic mass is 10.1. The number of hydrogen-bond donors (Lipinski definition) is 0. The van der Waals surface area contributed by atoms with E-state index in [9.17, 15) is 4.39 Å². The van der Waals surface area contributed by atoms with E-state index in [1.54, 1.807) is 6.07 Å². The Morgan fingerprint density at radius 1 is 1.11 bits per heavy atom. The van der Waals surface area contributed by atoms with E-state index < -0.39 is 0 Å². The van der Waals surface area contributed by atoms with Crippen LogP contribution in [-0.2, 0) is 12.4 Å². The Hall–Kier alpha value is -1.25. The molecular weight excluding hydrogens is 284 g/mol. The van der Waals surface area contributed by atoms with Crippen molar-refractivity contribution in [1.29, 1.82) is 0 Å². The number of alkyl halides is 1. The summed E-state index contributed by atoms with van der Waals surface area (Å²) in [6.07, 6.45) is 0. The largest absolute Gasteiger partial charge is 0.370 e. The molecule has 2 aromatic rings. The smallest absolute Gasteiger partial charge is 0.129 e. The van der Waals surface area contributed by atoms with Crippen molar-refractivity contribution >= 4 is 28.9 Å². The molecule has 0 bridgehead atoms. The van der Waals surface area contributed by atoms with Gasteiger partial charge in [-0.2, -0.15) is 0 Å². The van der Waals surface area contributed by atoms with Gasteiger partial charge in [0.05, 0.1) is 5.88 Å². The molecule has 0 spiro atoms. The van der Waals surface area contributed by atoms with Crippen molar-refractivity contribution in [3.05, 3.63) is 64.4 Å². The first-order valence-corrected chi connectivity index (χ1v) is 6.82. The van der Waals surface area contributed by atoms with Gasteiger partial charge in [-0.25, -0.2) is 4.39 Å². The SMILES string of the molecule is CN(Cc1ccc(Cl)cc1)c1cccc(F)c1CCl. The summed E-state index contributed by atoms with van der Waals surface area (Å²) in [4.78, 5) is 1.98. The summed E-state index contributed by atoms with van der Waals surface area (Å²) in [6.45, 7) is 0.671. The van der Waals surface area contributed by atoms with Crippen molar-refractivity contribution in [1.82, 2.24) is 0 Å². The van der Waals surface area contributed by atoms with E-state index in [-0.39, 0.29) is 11.7 Å². The van der Waals surface area contributed by atoms with Gasteiger partial charge >= 0.3 is 0 Å². The Kier molecular flexibility index (Phi) is 4.67. The fourth-order valence-electron chi connectivity index (χ4n) is 1.99. The first-order valence-electron chi connectivity index (χ1n) is 5.90. The molecule has 0 heterocycles. The van der Waals surface area contributed by atoms with Crippen LogP contribution in [0.25, 0.3) is 0 Å². The molecular formula is C15H14Cl2FN. The molecule has 0 fully saturated rings. The van der Waals surface area contributed by atoms with E-state index in [1.165, 1.54) is 6.07 Å². The van der Waals surface area contributed by atoms with Gasteiger partial charge in [0.2, 0.25) is 0 Å². The maximum absolute atomic E-state index is 13.7. The quantitative estimate of drug-likeness (QED) is 0.729. The van der Waals surface area contributed by atoms with Crippen molar-refractivity contribution in [2.45, 2.75) is 12.4 Å². The molecule has 0 aliphatic heterocycles. The molecule has 100 valence electrons. The second kappa shape index (κ2) is 6.27. The van der Waals surface area contributed by atoms with Gasteiger partial charge in [-0.1, -0.05) is 29.8 Å². The minimum absolute atomic E-state index is 0.160. The highest BCUT2D eigenvalue weighted by atomic mass is 35.5. The zero-order valence-electron chi connectivity index (χ0n) is 10.5. The van der Waals surface area contributed by atoms with Crippen LogP contribution in [0, 0.1) is 5.82 Å². The van der Waals surface area contributed by atoms with Gasteiger partial charge in [0.25, 0.3) is 0 Å². The third kappa shape index (κ3) is 3.40. The third-order valence-electron chi connectivity index (χ3n) is 2.97. The maximum Gasteiger partial charge on any atom is 0.129 e. The fourth-order valence-corrected chi connectivity index (χ4v) is 2.38. The van der Waals surface area contributed by atoms with Crippen LogP contribution >= 0.6 is 23.2 Å². The monoisotopic (exact) mass is 297 g/mol. The van der Waals surface area contributed by atoms with E-state index in [4.69, 9.17) is 23.2 Å². The number of rotatable bonds is 4. The summed E-state index contributed by atoms with van der Waals surface area (Å²) in [5, 5.41) is 0.707. The van der Waals surface area contributed by atoms with Crippen LogP contribution in [0.15, 0.2) is 42.5 Å². The summed E-state index contributed by atoms with van der Waals surface area (Å²) in [7, 11) is 1.92. The fraction of sp³-hybridized carbons (Fsp3) is 0.200. The van der Waals surface area contributed by atoms with Gasteiger partial charge in [-0.3, -0.25) is 0 Å². The highest BCUT2D eigenvalue weighted by molar-refractivity contribution is 6.30. The molecule has 0 N–H and O–H groups in total. The Balaban J connectivity index is 2.22. The van der Waals surface area contributed by atoms with Gasteiger partial charge in [-0.15, -0.1) is 11.6 Å². The molecule has 0 aromatic heterocycles. The predicted molar refractivity (Wildman–Crippen MR) is 79.5 cm³/mol. The zero-order chi connectivity index (χ0) is 13.8. The molecule has 0 saturated carbocycles. The summed E-state index contributed by atoms with van der Waals surface area (Å²) >= 11 is 11.7. The second-order valence-electron chi connectivity index (χ2n) is 4.35. The van der Waals surface area contributed by atoms with Gasteiger partial charge in [0, 0.05) is 29.9 Å². The highest BCUT2D eigenvalue weighted by Gasteiger charge is 2.11. The average Bonchev–Trinajstić information content (AvgIpc) is 2.41. The maximum atomic E-state index is 13.7. The van der Waals surface area contributed by atoms with Crippen molar-refractivity contribution in [3.8, 4) is 0 Å². The summed E-state index contributed by atoms with van der Waals surface area (Å²) < 4.78 is 13.7. The van der Waals surface area contributed by atoms with Crippen LogP contribution in [0.3, 0.4) is 0 Å². The number of benzene rings is 2. The minimum atomic E-state index is -0.268. The van der Waals surface area contributed by atoms with Gasteiger partial charge in [0.1, 0.15) is 5.82 Å². The van der Waals surface area contributed by atoms with E-state index in [2.05, 4.69) is 0 Å². The van der Waals surface area contributed by atoms with Crippen molar-refractivity contribution in [3.63, 3.8) is 0 Å². The molecule has 0 radical (unpaired) electrons. The van der Waals surface area contributed by atoms with Gasteiger partial charge < -0.3 is 4.90 Å². The van der Waals surface area contributed by atoms with Crippen LogP contribution in [0.5, 0.6) is 0 Å². The van der Waals surface area contributed by atoms with E-state index in [0.717, 1.165) is 11.3 Å². The molecule has 19 heavy (non-hydrogen) atoms. The molecule has 0 atom stereocenters. The number of hydrogen-bond acceptors (Lipinski definition) is 1. The van der Waals surface area contributed by atoms with Crippen molar-refractivity contribution < 1.29 is 4.39 Å². The molecule has 0 unspecified atom stereocenters. The van der Waals surface area contributed by atoms with E-state index >= 15 is 0 Å². The molecule has 0 saturated heterocycles. The molecule has 4 heteroatoms. The topological polar surface area (TPSA) is 3.24 Å². The van der Waals surface area contributed by atoms with Gasteiger partial charge in [0.15, 0.2) is 0 Å². The van der Waals surface area contributed by atoms with Crippen LogP contribution in [0.1, 0.15) is 11.1 Å². The lowest BCUT2D eigenvalue weighted by molar-refractivity contribution is 0.616. The normalized spacial score (nSPS) is 10.5. The Morgan fingerprint density at radius 2 is 1.79 bits per heavy atom. The molecule has 2 aromatic carbocycles. The zero-order valence-corrected chi connectivity index (χ0v) is 12.0. The van der Waals surface area contributed by atoms with Crippen LogP contribution in [0.4, 0.5) is 10.1 Å². The highest BCUT2D eigenvalue weighted by Crippen LogP contribution is 2.25. The van der Waals surface area contributed by atoms with E-state index in [0.29, 0.717) is 17.1 Å². The standard InChI is InChI=1S/C15H14Cl2FN/c1-19(10-11-5-7-12(17)8-6-11)15-4-2-3-14(18)13(15)9-16/h2-8H,9-10H2,1H3. The molecule has 0 aliphatic carbocycles. The summed E-state index contributed by atoms with van der Waals surface area (Å²) in [6, 6.07) is 12.6. The second-order valence-corrected chi connectivity index (χ2v) is 5.06. The lowest BCUT2D eigenvalue weighted by Crippen LogP contribution is -2.18. The molecule has 2 rings (SSSR count). The first kappa shape index (κ1) is 14.2. The summed E-state index contributed by atoms with van der Waals surface area (Å²) in [5.74, 6) is -0.108. The Labute approximate surface area is 122 Å². The number of nitrogens with zero attached hydrogens (tertiary/aromatic N) is 1. The van der Waals surface area contributed by atoms with Crippen molar-refractivity contribution in [2.75, 3.05) is 11.9 Å². The molecule has 0 aliphatic rings. The van der Waals surface area contributed by atoms with Crippen LogP contribution < -0.4 is 4.90 Å². The number of anilines is 1. The lowest BCUT2D eigenvalue weighted by Gasteiger charge is -2.22. The van der Waals surface area contributed by atoms with Crippen molar-refractivity contribution in [2.24, 2.45) is 0 Å². The van der Waals surface area contributed by atoms with Crippen LogP contribution in [-0.4, -0.2) is 7.05 Å². The minimum Gasteiger partial charge on any atom is -0.370 e. The predicted octanol–water partition coefficient (Wildman–Crippen LogP) is 4.85. The Bertz CT molecular complexity index is 555. The van der Waals surface area contributed by atoms with Gasteiger partial charge in [-0.05, 0) is 29.8 Å². The first-order chi connectivity index (χ1) is 9.11.